The van der Waals surface area contributed by atoms with E-state index in [1.165, 1.54) is 32.3 Å². The molecule has 0 aliphatic carbocycles. The molecule has 0 fully saturated rings. The van der Waals surface area contributed by atoms with E-state index >= 15 is 0 Å². The monoisotopic (exact) mass is 688 g/mol. The summed E-state index contributed by atoms with van der Waals surface area (Å²) in [6.45, 7) is 0. The largest absolute Gasteiger partial charge is 0.456 e. The highest BCUT2D eigenvalue weighted by atomic mass is 16.3. The molecular weight excluding hydrogens is 661 g/mol. The van der Waals surface area contributed by atoms with E-state index in [2.05, 4.69) is 114 Å². The second-order valence-electron chi connectivity index (χ2n) is 13.9. The van der Waals surface area contributed by atoms with Crippen LogP contribution in [0.25, 0.3) is 116 Å². The van der Waals surface area contributed by atoms with Crippen molar-refractivity contribution < 1.29 is 4.42 Å². The minimum atomic E-state index is 0.636. The third kappa shape index (κ3) is 4.06. The first kappa shape index (κ1) is 29.2. The van der Waals surface area contributed by atoms with Gasteiger partial charge in [0.25, 0.3) is 0 Å². The molecule has 0 atom stereocenters. The highest BCUT2D eigenvalue weighted by Crippen LogP contribution is 2.47. The summed E-state index contributed by atoms with van der Waals surface area (Å²) in [5.41, 5.74) is 8.02. The number of fused-ring (bicyclic) bond motifs is 4. The Balaban J connectivity index is 1.18. The van der Waals surface area contributed by atoms with Crippen molar-refractivity contribution in [3.63, 3.8) is 0 Å². The molecule has 0 spiro atoms. The van der Waals surface area contributed by atoms with Gasteiger partial charge in [-0.15, -0.1) is 0 Å². The number of furan rings is 1. The summed E-state index contributed by atoms with van der Waals surface area (Å²) in [6, 6.07) is 59.6. The lowest BCUT2D eigenvalue weighted by molar-refractivity contribution is 0.669. The first-order valence-corrected chi connectivity index (χ1v) is 18.2. The first-order valence-electron chi connectivity index (χ1n) is 18.2. The van der Waals surface area contributed by atoms with Gasteiger partial charge in [0, 0.05) is 43.6 Å². The van der Waals surface area contributed by atoms with E-state index in [1.807, 2.05) is 60.7 Å². The third-order valence-electron chi connectivity index (χ3n) is 11.0. The number of nitrogens with zero attached hydrogens (tertiary/aromatic N) is 4. The Labute approximate surface area is 308 Å². The molecule has 0 saturated carbocycles. The molecular formula is C49H28N4O. The minimum absolute atomic E-state index is 0.636. The van der Waals surface area contributed by atoms with Gasteiger partial charge >= 0.3 is 0 Å². The maximum atomic E-state index is 6.59. The van der Waals surface area contributed by atoms with Crippen LogP contribution in [0.15, 0.2) is 174 Å². The Hall–Kier alpha value is -7.37. The molecule has 3 aromatic heterocycles. The Kier molecular flexibility index (Phi) is 5.99. The Bertz CT molecular complexity index is 3380. The lowest BCUT2D eigenvalue weighted by Crippen LogP contribution is -2.01. The van der Waals surface area contributed by atoms with E-state index in [4.69, 9.17) is 19.4 Å². The van der Waals surface area contributed by atoms with E-state index in [-0.39, 0.29) is 0 Å². The van der Waals surface area contributed by atoms with Crippen molar-refractivity contribution >= 4 is 76.1 Å². The third-order valence-corrected chi connectivity index (χ3v) is 11.0. The summed E-state index contributed by atoms with van der Waals surface area (Å²) in [7, 11) is 0. The maximum Gasteiger partial charge on any atom is 0.164 e. The van der Waals surface area contributed by atoms with Crippen molar-refractivity contribution in [2.75, 3.05) is 0 Å². The summed E-state index contributed by atoms with van der Waals surface area (Å²) in [5, 5.41) is 11.8. The van der Waals surface area contributed by atoms with Crippen LogP contribution in [0.3, 0.4) is 0 Å². The normalized spacial score (nSPS) is 12.1. The minimum Gasteiger partial charge on any atom is -0.456 e. The van der Waals surface area contributed by atoms with E-state index in [1.54, 1.807) is 0 Å². The Morgan fingerprint density at radius 2 is 0.870 bits per heavy atom. The summed E-state index contributed by atoms with van der Waals surface area (Å²) in [6.07, 6.45) is 0. The van der Waals surface area contributed by atoms with Crippen LogP contribution < -0.4 is 0 Å². The molecule has 0 unspecified atom stereocenters. The topological polar surface area (TPSA) is 56.7 Å². The van der Waals surface area contributed by atoms with Gasteiger partial charge in [-0.1, -0.05) is 133 Å². The molecule has 5 heteroatoms. The first-order chi connectivity index (χ1) is 26.8. The van der Waals surface area contributed by atoms with Gasteiger partial charge < -0.3 is 8.98 Å². The van der Waals surface area contributed by atoms with Crippen molar-refractivity contribution in [1.29, 1.82) is 0 Å². The average Bonchev–Trinajstić information content (AvgIpc) is 3.79. The van der Waals surface area contributed by atoms with Crippen molar-refractivity contribution in [2.24, 2.45) is 0 Å². The number of hydrogen-bond donors (Lipinski definition) is 0. The van der Waals surface area contributed by atoms with E-state index in [0.717, 1.165) is 66.1 Å². The highest BCUT2D eigenvalue weighted by Gasteiger charge is 2.24. The van der Waals surface area contributed by atoms with Crippen LogP contribution in [-0.4, -0.2) is 19.5 Å². The molecule has 0 aliphatic rings. The van der Waals surface area contributed by atoms with Crippen LogP contribution in [0, 0.1) is 0 Å². The zero-order valence-corrected chi connectivity index (χ0v) is 28.9. The summed E-state index contributed by atoms with van der Waals surface area (Å²) in [5.74, 6) is 1.92. The van der Waals surface area contributed by atoms with Crippen LogP contribution in [-0.2, 0) is 0 Å². The van der Waals surface area contributed by atoms with Crippen LogP contribution in [0.1, 0.15) is 0 Å². The zero-order valence-electron chi connectivity index (χ0n) is 28.9. The zero-order chi connectivity index (χ0) is 35.3. The van der Waals surface area contributed by atoms with Crippen molar-refractivity contribution in [1.82, 2.24) is 19.5 Å². The summed E-state index contributed by atoms with van der Waals surface area (Å²) >= 11 is 0. The van der Waals surface area contributed by atoms with Crippen molar-refractivity contribution in [3.05, 3.63) is 170 Å². The number of hydrogen-bond acceptors (Lipinski definition) is 4. The van der Waals surface area contributed by atoms with Gasteiger partial charge in [0.1, 0.15) is 11.2 Å². The molecule has 9 aromatic carbocycles. The van der Waals surface area contributed by atoms with Gasteiger partial charge in [0.05, 0.1) is 16.7 Å². The predicted octanol–water partition coefficient (Wildman–Crippen LogP) is 12.8. The average molecular weight is 689 g/mol. The molecule has 0 aliphatic heterocycles. The van der Waals surface area contributed by atoms with Crippen molar-refractivity contribution in [3.8, 4) is 39.9 Å². The highest BCUT2D eigenvalue weighted by molar-refractivity contribution is 6.38. The van der Waals surface area contributed by atoms with Gasteiger partial charge in [-0.2, -0.15) is 0 Å². The molecule has 5 nitrogen and oxygen atoms in total. The standard InChI is InChI=1S/C49H28N4O/c1-3-13-29(14-4-1)47-50-48(30-15-5-2-6-16-30)52-49(51-47)37-25-26-38(34-20-10-9-19-33(34)37)53-39-23-11-21-35-31-17-7-8-18-32(31)36-22-12-24-41-44(36)46-42(54-41)28-27-40(53)45(46)43(35)39/h1-28H. The smallest absolute Gasteiger partial charge is 0.164 e. The molecule has 0 N–H and O–H groups in total. The molecule has 0 radical (unpaired) electrons. The SMILES string of the molecule is c1ccc(-c2nc(-c3ccccc3)nc(-c3ccc(-n4c5cccc6c7ccccc7c7cccc8oc9ccc4c(c9c87)c65)c4ccccc34)n2)cc1. The van der Waals surface area contributed by atoms with Gasteiger partial charge in [0.2, 0.25) is 0 Å². The van der Waals surface area contributed by atoms with Crippen LogP contribution in [0.5, 0.6) is 0 Å². The molecule has 0 saturated heterocycles. The Morgan fingerprint density at radius 3 is 1.57 bits per heavy atom. The van der Waals surface area contributed by atoms with E-state index in [0.29, 0.717) is 17.5 Å². The fourth-order valence-electron chi connectivity index (χ4n) is 8.72. The number of aromatic nitrogens is 4. The van der Waals surface area contributed by atoms with Gasteiger partial charge in [-0.25, -0.2) is 15.0 Å². The molecule has 0 bridgehead atoms. The second-order valence-corrected chi connectivity index (χ2v) is 13.9. The molecule has 12 aromatic rings. The van der Waals surface area contributed by atoms with Crippen LogP contribution in [0.2, 0.25) is 0 Å². The number of rotatable bonds is 4. The maximum absolute atomic E-state index is 6.59. The Morgan fingerprint density at radius 1 is 0.333 bits per heavy atom. The number of benzene rings is 8. The molecule has 54 heavy (non-hydrogen) atoms. The van der Waals surface area contributed by atoms with Gasteiger partial charge in [-0.05, 0) is 63.3 Å². The second kappa shape index (κ2) is 11.1. The fraction of sp³-hybridized carbons (Fsp3) is 0. The van der Waals surface area contributed by atoms with Gasteiger partial charge in [0.15, 0.2) is 17.5 Å². The van der Waals surface area contributed by atoms with Crippen molar-refractivity contribution in [2.45, 2.75) is 0 Å². The summed E-state index contributed by atoms with van der Waals surface area (Å²) < 4.78 is 9.03. The lowest BCUT2D eigenvalue weighted by Gasteiger charge is -2.15. The van der Waals surface area contributed by atoms with E-state index in [9.17, 15) is 0 Å². The quantitative estimate of drug-likeness (QED) is 0.185. The molecule has 12 rings (SSSR count). The lowest BCUT2D eigenvalue weighted by atomic mass is 9.95. The fourth-order valence-corrected chi connectivity index (χ4v) is 8.72. The molecule has 3 heterocycles. The van der Waals surface area contributed by atoms with E-state index < -0.39 is 0 Å². The predicted molar refractivity (Wildman–Crippen MR) is 221 cm³/mol. The van der Waals surface area contributed by atoms with Crippen LogP contribution >= 0.6 is 0 Å². The summed E-state index contributed by atoms with van der Waals surface area (Å²) in [4.78, 5) is 15.2. The van der Waals surface area contributed by atoms with Crippen LogP contribution in [0.4, 0.5) is 0 Å². The molecule has 0 amide bonds. The van der Waals surface area contributed by atoms with Gasteiger partial charge in [-0.3, -0.25) is 0 Å². The molecule has 250 valence electrons.